The van der Waals surface area contributed by atoms with E-state index in [9.17, 15) is 0 Å². The summed E-state index contributed by atoms with van der Waals surface area (Å²) in [6.45, 7) is 2.42. The highest BCUT2D eigenvalue weighted by Gasteiger charge is 2.40. The number of anilines is 2. The lowest BCUT2D eigenvalue weighted by Crippen LogP contribution is -2.35. The van der Waals surface area contributed by atoms with Crippen molar-refractivity contribution in [3.05, 3.63) is 108 Å². The van der Waals surface area contributed by atoms with Crippen molar-refractivity contribution < 1.29 is 9.47 Å². The first-order valence-electron chi connectivity index (χ1n) is 15.2. The molecule has 4 aromatic carbocycles. The van der Waals surface area contributed by atoms with Gasteiger partial charge in [-0.1, -0.05) is 56.2 Å². The SMILES string of the molecule is CC1CCC(C2CCC(c3ccc(Oc4cccc(N)c4)cc3)(c3ccc(Oc4cccc(N)c4)cc3)CC2)CC1. The van der Waals surface area contributed by atoms with E-state index in [0.717, 1.165) is 53.6 Å². The van der Waals surface area contributed by atoms with Gasteiger partial charge in [0.2, 0.25) is 0 Å². The standard InChI is InChI=1S/C37H42N2O2/c1-26-8-10-27(11-9-26)28-20-22-37(23-21-28,29-12-16-33(17-13-29)40-35-6-2-4-31(38)24-35)30-14-18-34(19-15-30)41-36-7-3-5-32(39)25-36/h2-7,12-19,24-28H,8-11,20-23,38-39H2,1H3. The largest absolute Gasteiger partial charge is 0.457 e. The molecule has 0 aliphatic heterocycles. The van der Waals surface area contributed by atoms with Crippen molar-refractivity contribution in [2.24, 2.45) is 17.8 Å². The van der Waals surface area contributed by atoms with Crippen LogP contribution in [0.15, 0.2) is 97.1 Å². The van der Waals surface area contributed by atoms with Gasteiger partial charge < -0.3 is 20.9 Å². The zero-order valence-electron chi connectivity index (χ0n) is 24.1. The highest BCUT2D eigenvalue weighted by Crippen LogP contribution is 2.50. The Labute approximate surface area is 244 Å². The van der Waals surface area contributed by atoms with Crippen molar-refractivity contribution in [2.45, 2.75) is 63.7 Å². The van der Waals surface area contributed by atoms with Crippen LogP contribution in [0.3, 0.4) is 0 Å². The summed E-state index contributed by atoms with van der Waals surface area (Å²) in [7, 11) is 0. The number of nitrogen functional groups attached to an aromatic ring is 2. The molecular formula is C37H42N2O2. The number of nitrogens with two attached hydrogens (primary N) is 2. The van der Waals surface area contributed by atoms with Gasteiger partial charge in [0.15, 0.2) is 0 Å². The van der Waals surface area contributed by atoms with Crippen LogP contribution in [-0.2, 0) is 5.41 Å². The van der Waals surface area contributed by atoms with E-state index in [0.29, 0.717) is 11.4 Å². The fourth-order valence-electron chi connectivity index (χ4n) is 7.22. The zero-order chi connectivity index (χ0) is 28.2. The summed E-state index contributed by atoms with van der Waals surface area (Å²) in [4.78, 5) is 0. The second-order valence-electron chi connectivity index (χ2n) is 12.3. The molecule has 0 atom stereocenters. The van der Waals surface area contributed by atoms with Gasteiger partial charge in [-0.15, -0.1) is 0 Å². The molecule has 212 valence electrons. The molecule has 0 amide bonds. The zero-order valence-corrected chi connectivity index (χ0v) is 24.1. The van der Waals surface area contributed by atoms with Gasteiger partial charge in [-0.05, 0) is 116 Å². The first-order valence-corrected chi connectivity index (χ1v) is 15.2. The van der Waals surface area contributed by atoms with Gasteiger partial charge in [-0.2, -0.15) is 0 Å². The predicted molar refractivity (Wildman–Crippen MR) is 169 cm³/mol. The average molecular weight is 547 g/mol. The van der Waals surface area contributed by atoms with E-state index in [1.165, 1.54) is 49.7 Å². The third-order valence-corrected chi connectivity index (χ3v) is 9.61. The molecule has 0 bridgehead atoms. The second-order valence-corrected chi connectivity index (χ2v) is 12.3. The molecule has 2 saturated carbocycles. The van der Waals surface area contributed by atoms with Gasteiger partial charge in [0.1, 0.15) is 23.0 Å². The Morgan fingerprint density at radius 3 is 1.41 bits per heavy atom. The van der Waals surface area contributed by atoms with E-state index in [4.69, 9.17) is 20.9 Å². The Hall–Kier alpha value is -3.92. The highest BCUT2D eigenvalue weighted by atomic mass is 16.5. The van der Waals surface area contributed by atoms with Crippen LogP contribution in [0.25, 0.3) is 0 Å². The smallest absolute Gasteiger partial charge is 0.129 e. The van der Waals surface area contributed by atoms with E-state index < -0.39 is 0 Å². The van der Waals surface area contributed by atoms with Gasteiger partial charge in [-0.25, -0.2) is 0 Å². The minimum absolute atomic E-state index is 0.0239. The minimum atomic E-state index is -0.0239. The first kappa shape index (κ1) is 27.3. The van der Waals surface area contributed by atoms with Crippen LogP contribution in [-0.4, -0.2) is 0 Å². The topological polar surface area (TPSA) is 70.5 Å². The lowest BCUT2D eigenvalue weighted by molar-refractivity contribution is 0.147. The van der Waals surface area contributed by atoms with Crippen LogP contribution in [0, 0.1) is 17.8 Å². The summed E-state index contributed by atoms with van der Waals surface area (Å²) in [6.07, 6.45) is 10.5. The summed E-state index contributed by atoms with van der Waals surface area (Å²) in [5, 5.41) is 0. The third kappa shape index (κ3) is 6.22. The van der Waals surface area contributed by atoms with E-state index in [1.54, 1.807) is 0 Å². The molecule has 4 heteroatoms. The number of hydrogen-bond acceptors (Lipinski definition) is 4. The number of rotatable bonds is 7. The summed E-state index contributed by atoms with van der Waals surface area (Å²) in [6, 6.07) is 32.6. The maximum Gasteiger partial charge on any atom is 0.129 e. The molecule has 0 radical (unpaired) electrons. The summed E-state index contributed by atoms with van der Waals surface area (Å²) >= 11 is 0. The molecule has 0 heterocycles. The predicted octanol–water partition coefficient (Wildman–Crippen LogP) is 9.74. The molecule has 41 heavy (non-hydrogen) atoms. The molecule has 4 N–H and O–H groups in total. The number of ether oxygens (including phenoxy) is 2. The van der Waals surface area contributed by atoms with E-state index in [1.807, 2.05) is 48.5 Å². The van der Waals surface area contributed by atoms with Gasteiger partial charge in [0.25, 0.3) is 0 Å². The number of benzene rings is 4. The van der Waals surface area contributed by atoms with Gasteiger partial charge in [0, 0.05) is 28.9 Å². The van der Waals surface area contributed by atoms with Crippen LogP contribution in [0.5, 0.6) is 23.0 Å². The molecule has 2 fully saturated rings. The molecule has 0 aromatic heterocycles. The van der Waals surface area contributed by atoms with E-state index >= 15 is 0 Å². The van der Waals surface area contributed by atoms with Crippen molar-refractivity contribution in [3.8, 4) is 23.0 Å². The Bertz CT molecular complexity index is 1340. The van der Waals surface area contributed by atoms with Crippen LogP contribution >= 0.6 is 0 Å². The summed E-state index contributed by atoms with van der Waals surface area (Å²) in [5.74, 6) is 5.79. The molecule has 0 saturated heterocycles. The average Bonchev–Trinajstić information content (AvgIpc) is 2.99. The van der Waals surface area contributed by atoms with Crippen LogP contribution in [0.4, 0.5) is 11.4 Å². The Balaban J connectivity index is 1.25. The second kappa shape index (κ2) is 11.9. The molecule has 4 nitrogen and oxygen atoms in total. The Kier molecular flexibility index (Phi) is 7.91. The maximum absolute atomic E-state index is 6.12. The summed E-state index contributed by atoms with van der Waals surface area (Å²) < 4.78 is 12.2. The van der Waals surface area contributed by atoms with Gasteiger partial charge in [0.05, 0.1) is 0 Å². The molecule has 2 aliphatic rings. The highest BCUT2D eigenvalue weighted by molar-refractivity contribution is 5.48. The minimum Gasteiger partial charge on any atom is -0.457 e. The molecule has 0 unspecified atom stereocenters. The molecule has 0 spiro atoms. The van der Waals surface area contributed by atoms with Gasteiger partial charge in [-0.3, -0.25) is 0 Å². The van der Waals surface area contributed by atoms with Crippen LogP contribution < -0.4 is 20.9 Å². The lowest BCUT2D eigenvalue weighted by atomic mass is 9.60. The molecule has 6 rings (SSSR count). The fraction of sp³-hybridized carbons (Fsp3) is 0.351. The maximum atomic E-state index is 6.12. The molecule has 4 aromatic rings. The monoisotopic (exact) mass is 546 g/mol. The van der Waals surface area contributed by atoms with Crippen molar-refractivity contribution >= 4 is 11.4 Å². The first-order chi connectivity index (χ1) is 20.0. The summed E-state index contributed by atoms with van der Waals surface area (Å²) in [5.41, 5.74) is 16.0. The van der Waals surface area contributed by atoms with Crippen molar-refractivity contribution in [2.75, 3.05) is 11.5 Å². The normalized spacial score (nSPS) is 20.8. The van der Waals surface area contributed by atoms with Crippen molar-refractivity contribution in [1.29, 1.82) is 0 Å². The quantitative estimate of drug-likeness (QED) is 0.226. The van der Waals surface area contributed by atoms with E-state index in [-0.39, 0.29) is 5.41 Å². The molecular weight excluding hydrogens is 504 g/mol. The van der Waals surface area contributed by atoms with Gasteiger partial charge >= 0.3 is 0 Å². The van der Waals surface area contributed by atoms with E-state index in [2.05, 4.69) is 55.5 Å². The molecule has 2 aliphatic carbocycles. The van der Waals surface area contributed by atoms with Crippen molar-refractivity contribution in [3.63, 3.8) is 0 Å². The third-order valence-electron chi connectivity index (χ3n) is 9.61. The van der Waals surface area contributed by atoms with Crippen LogP contribution in [0.2, 0.25) is 0 Å². The van der Waals surface area contributed by atoms with Crippen molar-refractivity contribution in [1.82, 2.24) is 0 Å². The Morgan fingerprint density at radius 2 is 0.976 bits per heavy atom. The fourth-order valence-corrected chi connectivity index (χ4v) is 7.22. The van der Waals surface area contributed by atoms with Crippen LogP contribution in [0.1, 0.15) is 69.4 Å². The lowest BCUT2D eigenvalue weighted by Gasteiger charge is -2.44. The number of hydrogen-bond donors (Lipinski definition) is 2. The Morgan fingerprint density at radius 1 is 0.537 bits per heavy atom.